The lowest BCUT2D eigenvalue weighted by Gasteiger charge is -2.31. The van der Waals surface area contributed by atoms with E-state index in [4.69, 9.17) is 9.47 Å². The summed E-state index contributed by atoms with van der Waals surface area (Å²) in [5.41, 5.74) is -0.267. The van der Waals surface area contributed by atoms with Crippen LogP contribution < -0.4 is 9.47 Å². The lowest BCUT2D eigenvalue weighted by Crippen LogP contribution is -2.44. The molecule has 29 heavy (non-hydrogen) atoms. The molecular formula is C18H18F3N3O4S. The Hall–Kier alpha value is -2.40. The summed E-state index contributed by atoms with van der Waals surface area (Å²) in [6.45, 7) is 0.838. The number of rotatable bonds is 4. The van der Waals surface area contributed by atoms with Crippen molar-refractivity contribution in [2.75, 3.05) is 19.7 Å². The Balaban J connectivity index is 1.50. The highest BCUT2D eigenvalue weighted by Crippen LogP contribution is 2.31. The van der Waals surface area contributed by atoms with Gasteiger partial charge in [0.1, 0.15) is 11.9 Å². The first-order valence-corrected chi connectivity index (χ1v) is 10.5. The van der Waals surface area contributed by atoms with E-state index in [1.54, 1.807) is 12.1 Å². The number of hydrogen-bond donors (Lipinski definition) is 0. The zero-order chi connectivity index (χ0) is 20.6. The van der Waals surface area contributed by atoms with Crippen molar-refractivity contribution < 1.29 is 31.1 Å². The molecule has 1 aromatic carbocycles. The van der Waals surface area contributed by atoms with Gasteiger partial charge in [-0.1, -0.05) is 0 Å². The monoisotopic (exact) mass is 429 g/mol. The van der Waals surface area contributed by atoms with Crippen molar-refractivity contribution in [3.63, 3.8) is 0 Å². The summed E-state index contributed by atoms with van der Waals surface area (Å²) in [5.74, 6) is 0.686. The summed E-state index contributed by atoms with van der Waals surface area (Å²) in [5, 5.41) is 0. The zero-order valence-electron chi connectivity index (χ0n) is 15.2. The van der Waals surface area contributed by atoms with Gasteiger partial charge < -0.3 is 9.47 Å². The first-order chi connectivity index (χ1) is 13.7. The second kappa shape index (κ2) is 7.45. The Morgan fingerprint density at radius 2 is 2.07 bits per heavy atom. The van der Waals surface area contributed by atoms with E-state index in [-0.39, 0.29) is 11.4 Å². The van der Waals surface area contributed by atoms with E-state index in [1.807, 2.05) is 0 Å². The van der Waals surface area contributed by atoms with Crippen molar-refractivity contribution in [3.05, 3.63) is 41.7 Å². The number of sulfonamides is 1. The van der Waals surface area contributed by atoms with Crippen molar-refractivity contribution in [3.8, 4) is 11.8 Å². The molecule has 11 heteroatoms. The minimum Gasteiger partial charge on any atom is -0.493 e. The van der Waals surface area contributed by atoms with E-state index in [2.05, 4.69) is 9.97 Å². The van der Waals surface area contributed by atoms with Gasteiger partial charge in [-0.3, -0.25) is 0 Å². The SMILES string of the molecule is O=S(=O)(c1ccc2c(c1)CCO2)N1CCCC(Oc2nccc(C(F)(F)F)n2)C1. The molecule has 0 spiro atoms. The number of ether oxygens (including phenoxy) is 2. The van der Waals surface area contributed by atoms with Gasteiger partial charge in [-0.05, 0) is 42.7 Å². The summed E-state index contributed by atoms with van der Waals surface area (Å²) >= 11 is 0. The number of fused-ring (bicyclic) bond motifs is 1. The molecule has 1 unspecified atom stereocenters. The molecule has 4 rings (SSSR count). The maximum absolute atomic E-state index is 13.0. The molecule has 0 amide bonds. The molecule has 2 aromatic rings. The largest absolute Gasteiger partial charge is 0.493 e. The molecule has 2 aliphatic rings. The molecule has 2 aliphatic heterocycles. The molecule has 1 saturated heterocycles. The predicted octanol–water partition coefficient (Wildman–Crippen LogP) is 2.66. The van der Waals surface area contributed by atoms with Gasteiger partial charge in [-0.25, -0.2) is 13.4 Å². The number of benzene rings is 1. The Morgan fingerprint density at radius 3 is 2.86 bits per heavy atom. The Bertz CT molecular complexity index is 1010. The van der Waals surface area contributed by atoms with Gasteiger partial charge in [0.25, 0.3) is 0 Å². The highest BCUT2D eigenvalue weighted by atomic mass is 32.2. The first kappa shape index (κ1) is 19.9. The highest BCUT2D eigenvalue weighted by molar-refractivity contribution is 7.89. The molecule has 0 radical (unpaired) electrons. The second-order valence-corrected chi connectivity index (χ2v) is 8.77. The molecule has 3 heterocycles. The predicted molar refractivity (Wildman–Crippen MR) is 95.1 cm³/mol. The van der Waals surface area contributed by atoms with Crippen molar-refractivity contribution in [1.29, 1.82) is 0 Å². The van der Waals surface area contributed by atoms with Crippen molar-refractivity contribution in [1.82, 2.24) is 14.3 Å². The standard InChI is InChI=1S/C18H18F3N3O4S/c19-18(20,21)16-5-7-22-17(23-16)28-13-2-1-8-24(11-13)29(25,26)14-3-4-15-12(10-14)6-9-27-15/h3-5,7,10,13H,1-2,6,8-9,11H2. The van der Waals surface area contributed by atoms with Gasteiger partial charge >= 0.3 is 12.2 Å². The molecule has 1 fully saturated rings. The van der Waals surface area contributed by atoms with Crippen LogP contribution in [0.15, 0.2) is 35.4 Å². The number of piperidine rings is 1. The molecule has 156 valence electrons. The van der Waals surface area contributed by atoms with E-state index >= 15 is 0 Å². The lowest BCUT2D eigenvalue weighted by atomic mass is 10.1. The molecule has 0 N–H and O–H groups in total. The molecule has 1 aromatic heterocycles. The van der Waals surface area contributed by atoms with Gasteiger partial charge in [0.15, 0.2) is 5.69 Å². The topological polar surface area (TPSA) is 81.6 Å². The van der Waals surface area contributed by atoms with Gasteiger partial charge in [0.05, 0.1) is 18.0 Å². The fourth-order valence-corrected chi connectivity index (χ4v) is 4.96. The van der Waals surface area contributed by atoms with Crippen LogP contribution in [0, 0.1) is 0 Å². The highest BCUT2D eigenvalue weighted by Gasteiger charge is 2.35. The third-order valence-electron chi connectivity index (χ3n) is 4.84. The van der Waals surface area contributed by atoms with Crippen LogP contribution in [0.2, 0.25) is 0 Å². The van der Waals surface area contributed by atoms with Crippen molar-refractivity contribution >= 4 is 10.0 Å². The average molecular weight is 429 g/mol. The average Bonchev–Trinajstić information content (AvgIpc) is 3.15. The summed E-state index contributed by atoms with van der Waals surface area (Å²) in [4.78, 5) is 7.26. The molecule has 1 atom stereocenters. The smallest absolute Gasteiger partial charge is 0.433 e. The normalized spacial score (nSPS) is 20.2. The number of hydrogen-bond acceptors (Lipinski definition) is 6. The Labute approximate surface area is 165 Å². The number of aromatic nitrogens is 2. The van der Waals surface area contributed by atoms with Crippen LogP contribution in [0.25, 0.3) is 0 Å². The third kappa shape index (κ3) is 4.15. The van der Waals surface area contributed by atoms with Crippen LogP contribution in [-0.4, -0.2) is 48.5 Å². The maximum Gasteiger partial charge on any atom is 0.433 e. The van der Waals surface area contributed by atoms with E-state index in [9.17, 15) is 21.6 Å². The Kier molecular flexibility index (Phi) is 5.11. The van der Waals surface area contributed by atoms with Gasteiger partial charge in [0.2, 0.25) is 10.0 Å². The lowest BCUT2D eigenvalue weighted by molar-refractivity contribution is -0.141. The minimum absolute atomic E-state index is 0.00945. The van der Waals surface area contributed by atoms with Gasteiger partial charge in [-0.15, -0.1) is 0 Å². The second-order valence-electron chi connectivity index (χ2n) is 6.84. The summed E-state index contributed by atoms with van der Waals surface area (Å²) < 4.78 is 76.6. The summed E-state index contributed by atoms with van der Waals surface area (Å²) in [6.07, 6.45) is -2.63. The van der Waals surface area contributed by atoms with Crippen LogP contribution in [0.5, 0.6) is 11.8 Å². The summed E-state index contributed by atoms with van der Waals surface area (Å²) in [6, 6.07) is 5.09. The van der Waals surface area contributed by atoms with Crippen LogP contribution in [-0.2, 0) is 22.6 Å². The van der Waals surface area contributed by atoms with Crippen molar-refractivity contribution in [2.45, 2.75) is 36.4 Å². The van der Waals surface area contributed by atoms with Crippen LogP contribution in [0.4, 0.5) is 13.2 Å². The van der Waals surface area contributed by atoms with Crippen molar-refractivity contribution in [2.24, 2.45) is 0 Å². The molecule has 7 nitrogen and oxygen atoms in total. The fraction of sp³-hybridized carbons (Fsp3) is 0.444. The molecular weight excluding hydrogens is 411 g/mol. The van der Waals surface area contributed by atoms with E-state index in [0.29, 0.717) is 38.2 Å². The number of halogens is 3. The maximum atomic E-state index is 13.0. The molecule has 0 bridgehead atoms. The molecule has 0 saturated carbocycles. The minimum atomic E-state index is -4.61. The first-order valence-electron chi connectivity index (χ1n) is 9.06. The van der Waals surface area contributed by atoms with Crippen LogP contribution in [0.1, 0.15) is 24.1 Å². The van der Waals surface area contributed by atoms with E-state index < -0.39 is 34.0 Å². The fourth-order valence-electron chi connectivity index (χ4n) is 3.40. The third-order valence-corrected chi connectivity index (χ3v) is 6.70. The summed E-state index contributed by atoms with van der Waals surface area (Å²) in [7, 11) is -3.76. The van der Waals surface area contributed by atoms with E-state index in [0.717, 1.165) is 17.8 Å². The Morgan fingerprint density at radius 1 is 1.24 bits per heavy atom. The number of nitrogens with zero attached hydrogens (tertiary/aromatic N) is 3. The molecule has 0 aliphatic carbocycles. The van der Waals surface area contributed by atoms with Crippen LogP contribution >= 0.6 is 0 Å². The van der Waals surface area contributed by atoms with Gasteiger partial charge in [0, 0.05) is 19.2 Å². The zero-order valence-corrected chi connectivity index (χ0v) is 16.0. The number of alkyl halides is 3. The quantitative estimate of drug-likeness (QED) is 0.743. The van der Waals surface area contributed by atoms with Crippen LogP contribution in [0.3, 0.4) is 0 Å². The van der Waals surface area contributed by atoms with E-state index in [1.165, 1.54) is 10.4 Å². The van der Waals surface area contributed by atoms with Gasteiger partial charge in [-0.2, -0.15) is 22.5 Å².